The zero-order chi connectivity index (χ0) is 13.7. The maximum atomic E-state index is 5.46. The molecule has 0 saturated carbocycles. The molecule has 3 heteroatoms. The Morgan fingerprint density at radius 1 is 1.16 bits per heavy atom. The molecular formula is C16H20N2O. The molecule has 0 amide bonds. The van der Waals surface area contributed by atoms with Crippen LogP contribution in [-0.2, 0) is 0 Å². The number of ether oxygens (including phenoxy) is 1. The standard InChI is InChI=1S/C16H20N2O/c1-4-17-16(14-10-7-8-12(2)18-14)13-9-5-6-11-15(13)19-3/h5-11,16-17H,4H2,1-3H3. The number of nitrogens with zero attached hydrogens (tertiary/aromatic N) is 1. The molecule has 19 heavy (non-hydrogen) atoms. The molecule has 0 fully saturated rings. The second-order valence-electron chi connectivity index (χ2n) is 4.44. The third-order valence-corrected chi connectivity index (χ3v) is 3.06. The maximum Gasteiger partial charge on any atom is 0.124 e. The minimum atomic E-state index is 0.0565. The summed E-state index contributed by atoms with van der Waals surface area (Å²) in [5.41, 5.74) is 3.16. The lowest BCUT2D eigenvalue weighted by molar-refractivity contribution is 0.404. The average Bonchev–Trinajstić information content (AvgIpc) is 2.45. The van der Waals surface area contributed by atoms with Crippen LogP contribution < -0.4 is 10.1 Å². The van der Waals surface area contributed by atoms with Gasteiger partial charge in [0.2, 0.25) is 0 Å². The van der Waals surface area contributed by atoms with Gasteiger partial charge in [-0.3, -0.25) is 4.98 Å². The fourth-order valence-corrected chi connectivity index (χ4v) is 2.21. The van der Waals surface area contributed by atoms with E-state index in [1.54, 1.807) is 7.11 Å². The van der Waals surface area contributed by atoms with Crippen molar-refractivity contribution in [3.8, 4) is 5.75 Å². The monoisotopic (exact) mass is 256 g/mol. The zero-order valence-corrected chi connectivity index (χ0v) is 11.7. The molecule has 2 aromatic rings. The molecule has 0 aliphatic heterocycles. The Morgan fingerprint density at radius 3 is 2.63 bits per heavy atom. The molecule has 1 aromatic heterocycles. The Morgan fingerprint density at radius 2 is 1.95 bits per heavy atom. The van der Waals surface area contributed by atoms with Gasteiger partial charge in [-0.15, -0.1) is 0 Å². The van der Waals surface area contributed by atoms with E-state index in [2.05, 4.69) is 23.3 Å². The van der Waals surface area contributed by atoms with Gasteiger partial charge in [0.1, 0.15) is 5.75 Å². The summed E-state index contributed by atoms with van der Waals surface area (Å²) in [5.74, 6) is 0.886. The largest absolute Gasteiger partial charge is 0.496 e. The van der Waals surface area contributed by atoms with Crippen LogP contribution in [0.3, 0.4) is 0 Å². The van der Waals surface area contributed by atoms with Crippen LogP contribution in [0.15, 0.2) is 42.5 Å². The summed E-state index contributed by atoms with van der Waals surface area (Å²) in [5, 5.41) is 3.47. The summed E-state index contributed by atoms with van der Waals surface area (Å²) in [6.45, 7) is 4.98. The van der Waals surface area contributed by atoms with Crippen LogP contribution in [0.4, 0.5) is 0 Å². The summed E-state index contributed by atoms with van der Waals surface area (Å²) < 4.78 is 5.46. The lowest BCUT2D eigenvalue weighted by Crippen LogP contribution is -2.23. The molecule has 1 N–H and O–H groups in total. The summed E-state index contributed by atoms with van der Waals surface area (Å²) in [6.07, 6.45) is 0. The Kier molecular flexibility index (Phi) is 4.53. The van der Waals surface area contributed by atoms with Crippen LogP contribution in [0, 0.1) is 6.92 Å². The van der Waals surface area contributed by atoms with Crippen molar-refractivity contribution in [3.63, 3.8) is 0 Å². The van der Waals surface area contributed by atoms with E-state index < -0.39 is 0 Å². The van der Waals surface area contributed by atoms with Crippen LogP contribution in [0.5, 0.6) is 5.75 Å². The molecule has 0 aliphatic rings. The van der Waals surface area contributed by atoms with Gasteiger partial charge < -0.3 is 10.1 Å². The van der Waals surface area contributed by atoms with Gasteiger partial charge >= 0.3 is 0 Å². The molecule has 0 saturated heterocycles. The quantitative estimate of drug-likeness (QED) is 0.892. The minimum Gasteiger partial charge on any atom is -0.496 e. The number of para-hydroxylation sites is 1. The van der Waals surface area contributed by atoms with Gasteiger partial charge in [0.15, 0.2) is 0 Å². The Balaban J connectivity index is 2.45. The first-order valence-corrected chi connectivity index (χ1v) is 6.56. The number of rotatable bonds is 5. The molecular weight excluding hydrogens is 236 g/mol. The first-order valence-electron chi connectivity index (χ1n) is 6.56. The first kappa shape index (κ1) is 13.6. The van der Waals surface area contributed by atoms with Crippen molar-refractivity contribution in [3.05, 3.63) is 59.4 Å². The molecule has 2 rings (SSSR count). The zero-order valence-electron chi connectivity index (χ0n) is 11.7. The molecule has 0 spiro atoms. The van der Waals surface area contributed by atoms with Crippen LogP contribution in [0.25, 0.3) is 0 Å². The van der Waals surface area contributed by atoms with Crippen LogP contribution in [0.1, 0.15) is 29.9 Å². The molecule has 1 atom stereocenters. The average molecular weight is 256 g/mol. The normalized spacial score (nSPS) is 12.2. The smallest absolute Gasteiger partial charge is 0.124 e. The lowest BCUT2D eigenvalue weighted by atomic mass is 10.0. The fraction of sp³-hybridized carbons (Fsp3) is 0.312. The fourth-order valence-electron chi connectivity index (χ4n) is 2.21. The first-order chi connectivity index (χ1) is 9.26. The highest BCUT2D eigenvalue weighted by molar-refractivity contribution is 5.40. The molecule has 1 unspecified atom stereocenters. The van der Waals surface area contributed by atoms with Crippen molar-refractivity contribution < 1.29 is 4.74 Å². The van der Waals surface area contributed by atoms with Gasteiger partial charge in [0, 0.05) is 11.3 Å². The highest BCUT2D eigenvalue weighted by Crippen LogP contribution is 2.28. The van der Waals surface area contributed by atoms with Crippen LogP contribution >= 0.6 is 0 Å². The predicted octanol–water partition coefficient (Wildman–Crippen LogP) is 3.10. The number of aromatic nitrogens is 1. The number of aryl methyl sites for hydroxylation is 1. The third kappa shape index (κ3) is 3.12. The van der Waals surface area contributed by atoms with Crippen molar-refractivity contribution in [1.82, 2.24) is 10.3 Å². The van der Waals surface area contributed by atoms with E-state index in [9.17, 15) is 0 Å². The van der Waals surface area contributed by atoms with Gasteiger partial charge in [-0.05, 0) is 31.7 Å². The second-order valence-corrected chi connectivity index (χ2v) is 4.44. The summed E-state index contributed by atoms with van der Waals surface area (Å²) >= 11 is 0. The molecule has 1 heterocycles. The number of nitrogens with one attached hydrogen (secondary N) is 1. The third-order valence-electron chi connectivity index (χ3n) is 3.06. The SMILES string of the molecule is CCNC(c1cccc(C)n1)c1ccccc1OC. The number of methoxy groups -OCH3 is 1. The van der Waals surface area contributed by atoms with Crippen LogP contribution in [0.2, 0.25) is 0 Å². The highest BCUT2D eigenvalue weighted by atomic mass is 16.5. The summed E-state index contributed by atoms with van der Waals surface area (Å²) in [4.78, 5) is 4.63. The van der Waals surface area contributed by atoms with Crippen LogP contribution in [-0.4, -0.2) is 18.6 Å². The Labute approximate surface area is 114 Å². The minimum absolute atomic E-state index is 0.0565. The van der Waals surface area contributed by atoms with E-state index in [-0.39, 0.29) is 6.04 Å². The maximum absolute atomic E-state index is 5.46. The van der Waals surface area contributed by atoms with E-state index in [1.165, 1.54) is 0 Å². The van der Waals surface area contributed by atoms with E-state index >= 15 is 0 Å². The molecule has 100 valence electrons. The topological polar surface area (TPSA) is 34.2 Å². The number of hydrogen-bond acceptors (Lipinski definition) is 3. The molecule has 1 aromatic carbocycles. The van der Waals surface area contributed by atoms with E-state index in [0.717, 1.165) is 29.2 Å². The van der Waals surface area contributed by atoms with Gasteiger partial charge in [-0.25, -0.2) is 0 Å². The summed E-state index contributed by atoms with van der Waals surface area (Å²) in [7, 11) is 1.70. The van der Waals surface area contributed by atoms with Crippen molar-refractivity contribution in [2.45, 2.75) is 19.9 Å². The van der Waals surface area contributed by atoms with Crippen molar-refractivity contribution >= 4 is 0 Å². The van der Waals surface area contributed by atoms with Crippen molar-refractivity contribution in [1.29, 1.82) is 0 Å². The highest BCUT2D eigenvalue weighted by Gasteiger charge is 2.18. The molecule has 0 radical (unpaired) electrons. The van der Waals surface area contributed by atoms with Gasteiger partial charge in [-0.1, -0.05) is 31.2 Å². The lowest BCUT2D eigenvalue weighted by Gasteiger charge is -2.20. The van der Waals surface area contributed by atoms with Crippen molar-refractivity contribution in [2.24, 2.45) is 0 Å². The van der Waals surface area contributed by atoms with E-state index in [4.69, 9.17) is 4.74 Å². The Bertz CT molecular complexity index is 540. The van der Waals surface area contributed by atoms with Gasteiger partial charge in [0.05, 0.1) is 18.8 Å². The van der Waals surface area contributed by atoms with E-state index in [0.29, 0.717) is 0 Å². The Hall–Kier alpha value is -1.87. The van der Waals surface area contributed by atoms with Gasteiger partial charge in [0.25, 0.3) is 0 Å². The number of hydrogen-bond donors (Lipinski definition) is 1. The predicted molar refractivity (Wildman–Crippen MR) is 77.5 cm³/mol. The summed E-state index contributed by atoms with van der Waals surface area (Å²) in [6, 6.07) is 14.2. The van der Waals surface area contributed by atoms with Crippen molar-refractivity contribution in [2.75, 3.05) is 13.7 Å². The van der Waals surface area contributed by atoms with Gasteiger partial charge in [-0.2, -0.15) is 0 Å². The molecule has 3 nitrogen and oxygen atoms in total. The second kappa shape index (κ2) is 6.34. The number of benzene rings is 1. The van der Waals surface area contributed by atoms with E-state index in [1.807, 2.05) is 43.3 Å². The molecule has 0 aliphatic carbocycles. The molecule has 0 bridgehead atoms. The number of pyridine rings is 1.